The molecule has 19 heavy (non-hydrogen) atoms. The molecule has 0 aliphatic rings. The van der Waals surface area contributed by atoms with Crippen molar-refractivity contribution in [2.75, 3.05) is 14.2 Å². The molecule has 6 heteroatoms. The highest BCUT2D eigenvalue weighted by molar-refractivity contribution is 5.69. The average Bonchev–Trinajstić information content (AvgIpc) is 2.93. The van der Waals surface area contributed by atoms with Gasteiger partial charge in [-0.2, -0.15) is 4.98 Å². The molecule has 1 aromatic heterocycles. The Balaban J connectivity index is 2.09. The third kappa shape index (κ3) is 3.31. The van der Waals surface area contributed by atoms with Gasteiger partial charge in [0.15, 0.2) is 0 Å². The maximum absolute atomic E-state index is 11.0. The number of aromatic nitrogens is 2. The number of carbonyl (C=O) groups excluding carboxylic acids is 1. The van der Waals surface area contributed by atoms with Crippen molar-refractivity contribution >= 4 is 5.97 Å². The van der Waals surface area contributed by atoms with Gasteiger partial charge >= 0.3 is 5.97 Å². The Morgan fingerprint density at radius 2 is 2.21 bits per heavy atom. The summed E-state index contributed by atoms with van der Waals surface area (Å²) in [5.41, 5.74) is 0.799. The quantitative estimate of drug-likeness (QED) is 0.765. The van der Waals surface area contributed by atoms with Gasteiger partial charge in [-0.3, -0.25) is 4.79 Å². The van der Waals surface area contributed by atoms with E-state index in [0.717, 1.165) is 11.3 Å². The molecule has 0 atom stereocenters. The Hall–Kier alpha value is -2.37. The topological polar surface area (TPSA) is 74.5 Å². The lowest BCUT2D eigenvalue weighted by Gasteiger charge is -1.99. The number of nitrogens with zero attached hydrogens (tertiary/aromatic N) is 2. The highest BCUT2D eigenvalue weighted by atomic mass is 16.5. The van der Waals surface area contributed by atoms with E-state index >= 15 is 0 Å². The molecular formula is C13H14N2O4. The smallest absolute Gasteiger partial charge is 0.306 e. The Morgan fingerprint density at radius 1 is 1.37 bits per heavy atom. The number of ether oxygens (including phenoxy) is 2. The molecule has 6 nitrogen and oxygen atoms in total. The zero-order valence-corrected chi connectivity index (χ0v) is 10.8. The Bertz CT molecular complexity index is 565. The average molecular weight is 262 g/mol. The second-order valence-corrected chi connectivity index (χ2v) is 3.82. The molecule has 100 valence electrons. The zero-order valence-electron chi connectivity index (χ0n) is 10.8. The van der Waals surface area contributed by atoms with Crippen LogP contribution in [0.15, 0.2) is 28.8 Å². The molecule has 0 aliphatic heterocycles. The number of aryl methyl sites for hydroxylation is 1. The van der Waals surface area contributed by atoms with E-state index in [1.807, 2.05) is 24.3 Å². The van der Waals surface area contributed by atoms with Gasteiger partial charge in [-0.1, -0.05) is 17.3 Å². The summed E-state index contributed by atoms with van der Waals surface area (Å²) in [4.78, 5) is 15.2. The van der Waals surface area contributed by atoms with Gasteiger partial charge in [-0.15, -0.1) is 0 Å². The summed E-state index contributed by atoms with van der Waals surface area (Å²) in [6.07, 6.45) is 0.583. The van der Waals surface area contributed by atoms with Crippen molar-refractivity contribution in [2.45, 2.75) is 12.8 Å². The lowest BCUT2D eigenvalue weighted by molar-refractivity contribution is -0.140. The van der Waals surface area contributed by atoms with Crippen molar-refractivity contribution in [1.82, 2.24) is 10.1 Å². The molecular weight excluding hydrogens is 248 g/mol. The lowest BCUT2D eigenvalue weighted by atomic mass is 10.2. The van der Waals surface area contributed by atoms with Crippen LogP contribution in [-0.4, -0.2) is 30.3 Å². The molecule has 1 aromatic carbocycles. The van der Waals surface area contributed by atoms with Gasteiger partial charge in [0.25, 0.3) is 0 Å². The van der Waals surface area contributed by atoms with Crippen molar-refractivity contribution in [3.05, 3.63) is 30.2 Å². The summed E-state index contributed by atoms with van der Waals surface area (Å²) >= 11 is 0. The van der Waals surface area contributed by atoms with Gasteiger partial charge in [0.2, 0.25) is 11.7 Å². The predicted octanol–water partition coefficient (Wildman–Crippen LogP) is 1.85. The molecule has 0 radical (unpaired) electrons. The summed E-state index contributed by atoms with van der Waals surface area (Å²) in [6, 6.07) is 7.35. The summed E-state index contributed by atoms with van der Waals surface area (Å²) in [5.74, 6) is 1.29. The number of carbonyl (C=O) groups is 1. The highest BCUT2D eigenvalue weighted by Crippen LogP contribution is 2.21. The lowest BCUT2D eigenvalue weighted by Crippen LogP contribution is -2.01. The number of hydrogen-bond acceptors (Lipinski definition) is 6. The first-order chi connectivity index (χ1) is 9.22. The number of hydrogen-bond donors (Lipinski definition) is 0. The molecule has 2 aromatic rings. The van der Waals surface area contributed by atoms with Crippen molar-refractivity contribution in [1.29, 1.82) is 0 Å². The molecule has 1 heterocycles. The number of benzene rings is 1. The maximum Gasteiger partial charge on any atom is 0.306 e. The summed E-state index contributed by atoms with van der Waals surface area (Å²) in [7, 11) is 2.94. The molecule has 0 saturated heterocycles. The highest BCUT2D eigenvalue weighted by Gasteiger charge is 2.11. The summed E-state index contributed by atoms with van der Waals surface area (Å²) in [5, 5.41) is 3.87. The van der Waals surface area contributed by atoms with E-state index in [1.54, 1.807) is 7.11 Å². The van der Waals surface area contributed by atoms with Crippen molar-refractivity contribution in [3.63, 3.8) is 0 Å². The fourth-order valence-electron chi connectivity index (χ4n) is 1.55. The van der Waals surface area contributed by atoms with Gasteiger partial charge in [0.05, 0.1) is 20.6 Å². The van der Waals surface area contributed by atoms with Crippen LogP contribution in [0, 0.1) is 0 Å². The van der Waals surface area contributed by atoms with E-state index in [0.29, 0.717) is 18.1 Å². The van der Waals surface area contributed by atoms with Crippen LogP contribution in [0.3, 0.4) is 0 Å². The van der Waals surface area contributed by atoms with Gasteiger partial charge in [0.1, 0.15) is 5.75 Å². The molecule has 0 unspecified atom stereocenters. The molecule has 0 saturated carbocycles. The Kier molecular flexibility index (Phi) is 4.12. The monoisotopic (exact) mass is 262 g/mol. The van der Waals surface area contributed by atoms with E-state index in [4.69, 9.17) is 9.26 Å². The second-order valence-electron chi connectivity index (χ2n) is 3.82. The molecule has 0 N–H and O–H groups in total. The van der Waals surface area contributed by atoms with Crippen LogP contribution in [0.1, 0.15) is 12.3 Å². The van der Waals surface area contributed by atoms with Crippen LogP contribution in [-0.2, 0) is 16.0 Å². The van der Waals surface area contributed by atoms with Crippen molar-refractivity contribution in [3.8, 4) is 17.1 Å². The maximum atomic E-state index is 11.0. The molecule has 0 aliphatic carbocycles. The fraction of sp³-hybridized carbons (Fsp3) is 0.308. The normalized spacial score (nSPS) is 10.2. The van der Waals surface area contributed by atoms with Gasteiger partial charge in [-0.25, -0.2) is 0 Å². The SMILES string of the molecule is COC(=O)CCc1nc(-c2cccc(OC)c2)no1. The zero-order chi connectivity index (χ0) is 13.7. The number of esters is 1. The fourth-order valence-corrected chi connectivity index (χ4v) is 1.55. The van der Waals surface area contributed by atoms with E-state index in [2.05, 4.69) is 14.9 Å². The van der Waals surface area contributed by atoms with E-state index in [9.17, 15) is 4.79 Å². The summed E-state index contributed by atoms with van der Waals surface area (Å²) in [6.45, 7) is 0. The molecule has 0 bridgehead atoms. The van der Waals surface area contributed by atoms with Crippen molar-refractivity contribution in [2.24, 2.45) is 0 Å². The van der Waals surface area contributed by atoms with Crippen LogP contribution >= 0.6 is 0 Å². The minimum Gasteiger partial charge on any atom is -0.497 e. The minimum absolute atomic E-state index is 0.218. The first kappa shape index (κ1) is 13.1. The van der Waals surface area contributed by atoms with E-state index < -0.39 is 0 Å². The van der Waals surface area contributed by atoms with Crippen LogP contribution in [0.2, 0.25) is 0 Å². The van der Waals surface area contributed by atoms with E-state index in [1.165, 1.54) is 7.11 Å². The first-order valence-corrected chi connectivity index (χ1v) is 5.76. The van der Waals surface area contributed by atoms with Crippen molar-refractivity contribution < 1.29 is 18.8 Å². The third-order valence-electron chi connectivity index (χ3n) is 2.57. The molecule has 0 spiro atoms. The van der Waals surface area contributed by atoms with Crippen LogP contribution in [0.25, 0.3) is 11.4 Å². The van der Waals surface area contributed by atoms with Crippen LogP contribution in [0.4, 0.5) is 0 Å². The standard InChI is InChI=1S/C13H14N2O4/c1-17-10-5-3-4-9(8-10)13-14-11(19-15-13)6-7-12(16)18-2/h3-5,8H,6-7H2,1-2H3. The van der Waals surface area contributed by atoms with Gasteiger partial charge < -0.3 is 14.0 Å². The summed E-state index contributed by atoms with van der Waals surface area (Å²) < 4.78 is 14.8. The molecule has 0 amide bonds. The predicted molar refractivity (Wildman–Crippen MR) is 66.6 cm³/mol. The Labute approximate surface area is 110 Å². The molecule has 2 rings (SSSR count). The Morgan fingerprint density at radius 3 is 2.95 bits per heavy atom. The van der Waals surface area contributed by atoms with Crippen LogP contribution < -0.4 is 4.74 Å². The number of methoxy groups -OCH3 is 2. The van der Waals surface area contributed by atoms with E-state index in [-0.39, 0.29) is 12.4 Å². The number of rotatable bonds is 5. The molecule has 0 fully saturated rings. The van der Waals surface area contributed by atoms with Gasteiger partial charge in [0, 0.05) is 12.0 Å². The van der Waals surface area contributed by atoms with Gasteiger partial charge in [-0.05, 0) is 12.1 Å². The minimum atomic E-state index is -0.305. The van der Waals surface area contributed by atoms with Crippen LogP contribution in [0.5, 0.6) is 5.75 Å². The largest absolute Gasteiger partial charge is 0.497 e. The third-order valence-corrected chi connectivity index (χ3v) is 2.57. The second kappa shape index (κ2) is 5.99. The first-order valence-electron chi connectivity index (χ1n) is 5.76.